The molecule has 0 fully saturated rings. The number of fused-ring (bicyclic) bond motifs is 1. The summed E-state index contributed by atoms with van der Waals surface area (Å²) in [5.74, 6) is 1.00. The Morgan fingerprint density at radius 1 is 1.10 bits per heavy atom. The fourth-order valence-electron chi connectivity index (χ4n) is 2.51. The summed E-state index contributed by atoms with van der Waals surface area (Å²) < 4.78 is 0. The van der Waals surface area contributed by atoms with E-state index in [0.717, 1.165) is 17.7 Å². The van der Waals surface area contributed by atoms with Crippen molar-refractivity contribution in [1.82, 2.24) is 5.32 Å². The van der Waals surface area contributed by atoms with Crippen molar-refractivity contribution in [3.63, 3.8) is 0 Å². The van der Waals surface area contributed by atoms with Crippen LogP contribution in [0.15, 0.2) is 47.4 Å². The van der Waals surface area contributed by atoms with Gasteiger partial charge in [0.1, 0.15) is 0 Å². The van der Waals surface area contributed by atoms with Gasteiger partial charge < -0.3 is 15.5 Å². The highest BCUT2D eigenvalue weighted by Crippen LogP contribution is 2.36. The number of phenolic OH excluding ortho intramolecular Hbond substituents is 2. The molecule has 3 N–H and O–H groups in total. The molecule has 0 saturated heterocycles. The van der Waals surface area contributed by atoms with E-state index < -0.39 is 0 Å². The molecule has 0 aliphatic carbocycles. The SMILES string of the molecule is Oc1cccc(CNC2CCSc3ccccc32)c1O. The van der Waals surface area contributed by atoms with E-state index in [9.17, 15) is 10.2 Å². The van der Waals surface area contributed by atoms with Crippen molar-refractivity contribution in [2.24, 2.45) is 0 Å². The molecule has 0 spiro atoms. The Morgan fingerprint density at radius 2 is 1.95 bits per heavy atom. The van der Waals surface area contributed by atoms with Crippen LogP contribution in [0.5, 0.6) is 11.5 Å². The van der Waals surface area contributed by atoms with Gasteiger partial charge in [0.15, 0.2) is 11.5 Å². The first-order valence-electron chi connectivity index (χ1n) is 6.70. The normalized spacial score (nSPS) is 17.7. The highest BCUT2D eigenvalue weighted by atomic mass is 32.2. The number of aromatic hydroxyl groups is 2. The maximum Gasteiger partial charge on any atom is 0.161 e. The minimum Gasteiger partial charge on any atom is -0.504 e. The molecule has 1 atom stereocenters. The molecular formula is C16H17NO2S. The fraction of sp³-hybridized carbons (Fsp3) is 0.250. The zero-order valence-corrected chi connectivity index (χ0v) is 11.9. The molecule has 0 aromatic heterocycles. The Kier molecular flexibility index (Phi) is 3.85. The Labute approximate surface area is 122 Å². The van der Waals surface area contributed by atoms with Crippen LogP contribution in [0, 0.1) is 0 Å². The monoisotopic (exact) mass is 287 g/mol. The van der Waals surface area contributed by atoms with E-state index in [2.05, 4.69) is 29.6 Å². The van der Waals surface area contributed by atoms with Gasteiger partial charge in [-0.2, -0.15) is 0 Å². The zero-order valence-electron chi connectivity index (χ0n) is 11.0. The molecule has 20 heavy (non-hydrogen) atoms. The highest BCUT2D eigenvalue weighted by molar-refractivity contribution is 7.99. The molecule has 2 aromatic carbocycles. The van der Waals surface area contributed by atoms with Crippen molar-refractivity contribution < 1.29 is 10.2 Å². The van der Waals surface area contributed by atoms with Crippen molar-refractivity contribution in [3.8, 4) is 11.5 Å². The summed E-state index contributed by atoms with van der Waals surface area (Å²) in [5, 5.41) is 22.8. The predicted molar refractivity (Wildman–Crippen MR) is 81.1 cm³/mol. The molecule has 1 heterocycles. The summed E-state index contributed by atoms with van der Waals surface area (Å²) in [5.41, 5.74) is 2.05. The van der Waals surface area contributed by atoms with Gasteiger partial charge in [-0.25, -0.2) is 0 Å². The van der Waals surface area contributed by atoms with E-state index in [-0.39, 0.29) is 11.5 Å². The fourth-order valence-corrected chi connectivity index (χ4v) is 3.63. The molecule has 0 radical (unpaired) electrons. The van der Waals surface area contributed by atoms with Gasteiger partial charge in [-0.1, -0.05) is 30.3 Å². The Balaban J connectivity index is 1.75. The molecule has 3 nitrogen and oxygen atoms in total. The lowest BCUT2D eigenvalue weighted by Gasteiger charge is -2.26. The average Bonchev–Trinajstić information content (AvgIpc) is 2.49. The molecular weight excluding hydrogens is 270 g/mol. The summed E-state index contributed by atoms with van der Waals surface area (Å²) in [6.07, 6.45) is 1.07. The van der Waals surface area contributed by atoms with Gasteiger partial charge in [-0.3, -0.25) is 0 Å². The standard InChI is InChI=1S/C16H17NO2S/c18-14-6-3-4-11(16(14)19)10-17-13-8-9-20-15-7-2-1-5-12(13)15/h1-7,13,17-19H,8-10H2. The topological polar surface area (TPSA) is 52.5 Å². The summed E-state index contributed by atoms with van der Waals surface area (Å²) in [6, 6.07) is 13.8. The first-order chi connectivity index (χ1) is 9.75. The third-order valence-electron chi connectivity index (χ3n) is 3.60. The first kappa shape index (κ1) is 13.3. The number of para-hydroxylation sites is 1. The molecule has 104 valence electrons. The molecule has 1 aliphatic heterocycles. The van der Waals surface area contributed by atoms with Crippen molar-refractivity contribution in [2.75, 3.05) is 5.75 Å². The number of benzene rings is 2. The van der Waals surface area contributed by atoms with E-state index in [1.807, 2.05) is 17.8 Å². The lowest BCUT2D eigenvalue weighted by molar-refractivity contribution is 0.395. The van der Waals surface area contributed by atoms with E-state index >= 15 is 0 Å². The van der Waals surface area contributed by atoms with E-state index in [4.69, 9.17) is 0 Å². The molecule has 4 heteroatoms. The van der Waals surface area contributed by atoms with Crippen molar-refractivity contribution in [3.05, 3.63) is 53.6 Å². The summed E-state index contributed by atoms with van der Waals surface area (Å²) in [6.45, 7) is 0.546. The molecule has 1 aliphatic rings. The summed E-state index contributed by atoms with van der Waals surface area (Å²) in [7, 11) is 0. The second kappa shape index (κ2) is 5.77. The molecule has 0 saturated carbocycles. The summed E-state index contributed by atoms with van der Waals surface area (Å²) >= 11 is 1.89. The van der Waals surface area contributed by atoms with Crippen LogP contribution in [0.3, 0.4) is 0 Å². The highest BCUT2D eigenvalue weighted by Gasteiger charge is 2.20. The number of hydrogen-bond donors (Lipinski definition) is 3. The Bertz CT molecular complexity index is 615. The number of rotatable bonds is 3. The van der Waals surface area contributed by atoms with Crippen LogP contribution >= 0.6 is 11.8 Å². The van der Waals surface area contributed by atoms with Crippen LogP contribution in [0.25, 0.3) is 0 Å². The number of phenols is 2. The van der Waals surface area contributed by atoms with Crippen LogP contribution in [-0.2, 0) is 6.54 Å². The van der Waals surface area contributed by atoms with Crippen LogP contribution in [0.1, 0.15) is 23.6 Å². The van der Waals surface area contributed by atoms with E-state index in [0.29, 0.717) is 12.6 Å². The van der Waals surface area contributed by atoms with Crippen LogP contribution in [0.4, 0.5) is 0 Å². The Hall–Kier alpha value is -1.65. The van der Waals surface area contributed by atoms with Crippen molar-refractivity contribution in [2.45, 2.75) is 23.9 Å². The molecule has 0 amide bonds. The minimum atomic E-state index is -0.0658. The van der Waals surface area contributed by atoms with Crippen LogP contribution < -0.4 is 5.32 Å². The van der Waals surface area contributed by atoms with Crippen molar-refractivity contribution in [1.29, 1.82) is 0 Å². The first-order valence-corrected chi connectivity index (χ1v) is 7.69. The van der Waals surface area contributed by atoms with Gasteiger partial charge in [-0.05, 0) is 29.9 Å². The zero-order chi connectivity index (χ0) is 13.9. The second-order valence-electron chi connectivity index (χ2n) is 4.89. The Morgan fingerprint density at radius 3 is 2.85 bits per heavy atom. The van der Waals surface area contributed by atoms with Crippen molar-refractivity contribution >= 4 is 11.8 Å². The number of thioether (sulfide) groups is 1. The average molecular weight is 287 g/mol. The van der Waals surface area contributed by atoms with Gasteiger partial charge in [0.05, 0.1) is 0 Å². The predicted octanol–water partition coefficient (Wildman–Crippen LogP) is 3.42. The van der Waals surface area contributed by atoms with Crippen LogP contribution in [0.2, 0.25) is 0 Å². The van der Waals surface area contributed by atoms with Crippen LogP contribution in [-0.4, -0.2) is 16.0 Å². The smallest absolute Gasteiger partial charge is 0.161 e. The maximum atomic E-state index is 9.83. The minimum absolute atomic E-state index is 0.0292. The molecule has 3 rings (SSSR count). The van der Waals surface area contributed by atoms with Gasteiger partial charge in [0, 0.05) is 23.0 Å². The van der Waals surface area contributed by atoms with Gasteiger partial charge in [0.25, 0.3) is 0 Å². The lowest BCUT2D eigenvalue weighted by Crippen LogP contribution is -2.24. The van der Waals surface area contributed by atoms with E-state index in [1.165, 1.54) is 16.5 Å². The van der Waals surface area contributed by atoms with Gasteiger partial charge in [0.2, 0.25) is 0 Å². The molecule has 2 aromatic rings. The largest absolute Gasteiger partial charge is 0.504 e. The summed E-state index contributed by atoms with van der Waals surface area (Å²) in [4.78, 5) is 1.33. The van der Waals surface area contributed by atoms with Gasteiger partial charge >= 0.3 is 0 Å². The third-order valence-corrected chi connectivity index (χ3v) is 4.72. The third kappa shape index (κ3) is 2.62. The quantitative estimate of drug-likeness (QED) is 0.757. The number of hydrogen-bond acceptors (Lipinski definition) is 4. The maximum absolute atomic E-state index is 9.83. The lowest BCUT2D eigenvalue weighted by atomic mass is 10.0. The molecule has 1 unspecified atom stereocenters. The van der Waals surface area contributed by atoms with Gasteiger partial charge in [-0.15, -0.1) is 11.8 Å². The molecule has 0 bridgehead atoms. The second-order valence-corrected chi connectivity index (χ2v) is 6.03. The van der Waals surface area contributed by atoms with E-state index in [1.54, 1.807) is 6.07 Å². The number of nitrogens with one attached hydrogen (secondary N) is 1.